The third-order valence-electron chi connectivity index (χ3n) is 2.61. The molecule has 2 aromatic rings. The maximum atomic E-state index is 11.8. The van der Waals surface area contributed by atoms with Crippen molar-refractivity contribution in [3.63, 3.8) is 0 Å². The fraction of sp³-hybridized carbons (Fsp3) is 0.0769. The molecule has 0 atom stereocenters. The molecule has 0 heterocycles. The average molecular weight is 343 g/mol. The summed E-state index contributed by atoms with van der Waals surface area (Å²) in [5.41, 5.74) is 0.604. The average Bonchev–Trinajstić information content (AvgIpc) is 2.30. The Morgan fingerprint density at radius 1 is 1.00 bits per heavy atom. The van der Waals surface area contributed by atoms with Gasteiger partial charge in [0.1, 0.15) is 11.5 Å². The number of hydrogen-bond acceptors (Lipinski definition) is 4. The maximum absolute atomic E-state index is 11.8. The second kappa shape index (κ2) is 4.86. The smallest absolute Gasteiger partial charge is 0.176 e. The summed E-state index contributed by atoms with van der Waals surface area (Å²) in [6.07, 6.45) is 1.08. The molecule has 19 heavy (non-hydrogen) atoms. The number of phenolic OH excluding ortho intramolecular Hbond substituents is 2. The van der Waals surface area contributed by atoms with Crippen LogP contribution in [0.25, 0.3) is 11.1 Å². The molecule has 100 valence electrons. The van der Waals surface area contributed by atoms with Crippen LogP contribution in [0, 0.1) is 0 Å². The van der Waals surface area contributed by atoms with Crippen LogP contribution in [-0.4, -0.2) is 24.9 Å². The molecule has 0 aliphatic carbocycles. The first-order chi connectivity index (χ1) is 8.79. The van der Waals surface area contributed by atoms with Crippen LogP contribution in [0.3, 0.4) is 0 Å². The SMILES string of the molecule is CS(=O)(=O)c1ccc(O)cc1-c1cc(Br)ccc1O. The van der Waals surface area contributed by atoms with E-state index in [1.165, 1.54) is 24.3 Å². The van der Waals surface area contributed by atoms with Crippen molar-refractivity contribution in [2.45, 2.75) is 4.90 Å². The van der Waals surface area contributed by atoms with Gasteiger partial charge in [-0.15, -0.1) is 0 Å². The highest BCUT2D eigenvalue weighted by atomic mass is 79.9. The Kier molecular flexibility index (Phi) is 3.56. The standard InChI is InChI=1S/C13H11BrO4S/c1-19(17,18)13-5-3-9(15)7-11(13)10-6-8(14)2-4-12(10)16/h2-7,15-16H,1H3. The van der Waals surface area contributed by atoms with Gasteiger partial charge in [0.2, 0.25) is 0 Å². The minimum atomic E-state index is -3.47. The predicted molar refractivity (Wildman–Crippen MR) is 76.0 cm³/mol. The zero-order valence-electron chi connectivity index (χ0n) is 9.96. The van der Waals surface area contributed by atoms with Gasteiger partial charge >= 0.3 is 0 Å². The highest BCUT2D eigenvalue weighted by Gasteiger charge is 2.17. The first kappa shape index (κ1) is 13.9. The van der Waals surface area contributed by atoms with Gasteiger partial charge in [-0.25, -0.2) is 8.42 Å². The van der Waals surface area contributed by atoms with Crippen LogP contribution in [0.1, 0.15) is 0 Å². The van der Waals surface area contributed by atoms with Crippen molar-refractivity contribution < 1.29 is 18.6 Å². The largest absolute Gasteiger partial charge is 0.508 e. The van der Waals surface area contributed by atoms with Crippen molar-refractivity contribution in [3.8, 4) is 22.6 Å². The third kappa shape index (κ3) is 2.90. The summed E-state index contributed by atoms with van der Waals surface area (Å²) in [5.74, 6) is -0.125. The van der Waals surface area contributed by atoms with E-state index in [0.29, 0.717) is 10.0 Å². The Hall–Kier alpha value is -1.53. The molecule has 0 unspecified atom stereocenters. The van der Waals surface area contributed by atoms with Crippen LogP contribution in [-0.2, 0) is 9.84 Å². The van der Waals surface area contributed by atoms with Gasteiger partial charge in [-0.1, -0.05) is 15.9 Å². The van der Waals surface area contributed by atoms with Crippen LogP contribution < -0.4 is 0 Å². The fourth-order valence-electron chi connectivity index (χ4n) is 1.78. The topological polar surface area (TPSA) is 74.6 Å². The van der Waals surface area contributed by atoms with Crippen LogP contribution >= 0.6 is 15.9 Å². The molecule has 0 saturated heterocycles. The molecule has 2 rings (SSSR count). The van der Waals surface area contributed by atoms with E-state index in [9.17, 15) is 18.6 Å². The number of benzene rings is 2. The van der Waals surface area contributed by atoms with Crippen LogP contribution in [0.15, 0.2) is 45.8 Å². The Bertz CT molecular complexity index is 738. The Morgan fingerprint density at radius 3 is 2.32 bits per heavy atom. The van der Waals surface area contributed by atoms with Gasteiger partial charge in [0, 0.05) is 21.9 Å². The van der Waals surface area contributed by atoms with E-state index in [0.717, 1.165) is 6.26 Å². The van der Waals surface area contributed by atoms with Gasteiger partial charge in [0.25, 0.3) is 0 Å². The molecule has 6 heteroatoms. The molecule has 0 amide bonds. The van der Waals surface area contributed by atoms with E-state index in [4.69, 9.17) is 0 Å². The van der Waals surface area contributed by atoms with Crippen molar-refractivity contribution in [2.24, 2.45) is 0 Å². The lowest BCUT2D eigenvalue weighted by Crippen LogP contribution is -2.00. The molecule has 0 aromatic heterocycles. The van der Waals surface area contributed by atoms with E-state index in [1.807, 2.05) is 0 Å². The van der Waals surface area contributed by atoms with Crippen molar-refractivity contribution in [1.82, 2.24) is 0 Å². The minimum absolute atomic E-state index is 0.0544. The quantitative estimate of drug-likeness (QED) is 0.879. The van der Waals surface area contributed by atoms with Crippen LogP contribution in [0.4, 0.5) is 0 Å². The summed E-state index contributed by atoms with van der Waals surface area (Å²) in [5, 5.41) is 19.4. The Labute approximate surface area is 119 Å². The van der Waals surface area contributed by atoms with Gasteiger partial charge in [-0.3, -0.25) is 0 Å². The Morgan fingerprint density at radius 2 is 1.68 bits per heavy atom. The van der Waals surface area contributed by atoms with Crippen LogP contribution in [0.2, 0.25) is 0 Å². The highest BCUT2D eigenvalue weighted by molar-refractivity contribution is 9.10. The first-order valence-corrected chi connectivity index (χ1v) is 7.99. The molecule has 2 aromatic carbocycles. The van der Waals surface area contributed by atoms with E-state index in [2.05, 4.69) is 15.9 Å². The first-order valence-electron chi connectivity index (χ1n) is 5.31. The van der Waals surface area contributed by atoms with E-state index in [-0.39, 0.29) is 22.0 Å². The molecule has 4 nitrogen and oxygen atoms in total. The van der Waals surface area contributed by atoms with Gasteiger partial charge in [-0.05, 0) is 36.4 Å². The number of phenols is 2. The number of hydrogen-bond donors (Lipinski definition) is 2. The zero-order chi connectivity index (χ0) is 14.2. The molecule has 0 spiro atoms. The van der Waals surface area contributed by atoms with Crippen molar-refractivity contribution in [1.29, 1.82) is 0 Å². The molecule has 0 aliphatic rings. The highest BCUT2D eigenvalue weighted by Crippen LogP contribution is 2.37. The normalized spacial score (nSPS) is 11.5. The number of halogens is 1. The van der Waals surface area contributed by atoms with E-state index >= 15 is 0 Å². The second-order valence-electron chi connectivity index (χ2n) is 4.11. The van der Waals surface area contributed by atoms with E-state index in [1.54, 1.807) is 12.1 Å². The fourth-order valence-corrected chi connectivity index (χ4v) is 3.02. The number of rotatable bonds is 2. The summed E-state index contributed by atoms with van der Waals surface area (Å²) in [7, 11) is -3.47. The number of sulfone groups is 1. The summed E-state index contributed by atoms with van der Waals surface area (Å²) >= 11 is 3.26. The van der Waals surface area contributed by atoms with Crippen molar-refractivity contribution in [3.05, 3.63) is 40.9 Å². The number of aromatic hydroxyl groups is 2. The van der Waals surface area contributed by atoms with Crippen molar-refractivity contribution >= 4 is 25.8 Å². The second-order valence-corrected chi connectivity index (χ2v) is 7.01. The molecular formula is C13H11BrO4S. The lowest BCUT2D eigenvalue weighted by atomic mass is 10.0. The van der Waals surface area contributed by atoms with Crippen molar-refractivity contribution in [2.75, 3.05) is 6.26 Å². The minimum Gasteiger partial charge on any atom is -0.508 e. The molecular weight excluding hydrogens is 332 g/mol. The predicted octanol–water partition coefficient (Wildman–Crippen LogP) is 2.93. The lowest BCUT2D eigenvalue weighted by Gasteiger charge is -2.11. The summed E-state index contributed by atoms with van der Waals surface area (Å²) in [6, 6.07) is 8.63. The molecule has 0 bridgehead atoms. The summed E-state index contributed by atoms with van der Waals surface area (Å²) in [6.45, 7) is 0. The molecule has 0 aliphatic heterocycles. The third-order valence-corrected chi connectivity index (χ3v) is 4.26. The van der Waals surface area contributed by atoms with Gasteiger partial charge < -0.3 is 10.2 Å². The van der Waals surface area contributed by atoms with Gasteiger partial charge in [-0.2, -0.15) is 0 Å². The molecule has 0 radical (unpaired) electrons. The maximum Gasteiger partial charge on any atom is 0.176 e. The Balaban J connectivity index is 2.81. The van der Waals surface area contributed by atoms with Gasteiger partial charge in [0.15, 0.2) is 9.84 Å². The van der Waals surface area contributed by atoms with Gasteiger partial charge in [0.05, 0.1) is 4.90 Å². The van der Waals surface area contributed by atoms with Crippen LogP contribution in [0.5, 0.6) is 11.5 Å². The molecule has 0 fully saturated rings. The van der Waals surface area contributed by atoms with E-state index < -0.39 is 9.84 Å². The zero-order valence-corrected chi connectivity index (χ0v) is 12.4. The molecule has 2 N–H and O–H groups in total. The molecule has 0 saturated carbocycles. The summed E-state index contributed by atoms with van der Waals surface area (Å²) in [4.78, 5) is 0.0544. The lowest BCUT2D eigenvalue weighted by molar-refractivity contribution is 0.473. The summed E-state index contributed by atoms with van der Waals surface area (Å²) < 4.78 is 24.2. The monoisotopic (exact) mass is 342 g/mol.